The molecule has 0 radical (unpaired) electrons. The van der Waals surface area contributed by atoms with Crippen LogP contribution in [0.5, 0.6) is 0 Å². The molecule has 0 saturated carbocycles. The van der Waals surface area contributed by atoms with Crippen LogP contribution in [0.4, 0.5) is 5.69 Å². The van der Waals surface area contributed by atoms with E-state index in [1.165, 1.54) is 0 Å². The highest BCUT2D eigenvalue weighted by Gasteiger charge is 2.26. The van der Waals surface area contributed by atoms with Crippen molar-refractivity contribution in [2.24, 2.45) is 0 Å². The summed E-state index contributed by atoms with van der Waals surface area (Å²) in [6, 6.07) is 7.11. The maximum absolute atomic E-state index is 12.7. The predicted octanol–water partition coefficient (Wildman–Crippen LogP) is 1.85. The summed E-state index contributed by atoms with van der Waals surface area (Å²) in [6.07, 6.45) is 2.21. The van der Waals surface area contributed by atoms with Gasteiger partial charge in [0.15, 0.2) is 0 Å². The number of anilines is 1. The van der Waals surface area contributed by atoms with Gasteiger partial charge in [-0.15, -0.1) is 0 Å². The molecule has 7 heteroatoms. The minimum absolute atomic E-state index is 0.00931. The van der Waals surface area contributed by atoms with Crippen molar-refractivity contribution in [2.45, 2.75) is 52.6 Å². The molecule has 2 amide bonds. The lowest BCUT2D eigenvalue weighted by Crippen LogP contribution is -2.53. The molecule has 0 atom stereocenters. The van der Waals surface area contributed by atoms with E-state index in [4.69, 9.17) is 0 Å². The molecule has 2 aliphatic rings. The first-order valence-corrected chi connectivity index (χ1v) is 11.7. The molecule has 0 spiro atoms. The third-order valence-electron chi connectivity index (χ3n) is 6.35. The van der Waals surface area contributed by atoms with E-state index in [1.807, 2.05) is 36.9 Å². The highest BCUT2D eigenvalue weighted by atomic mass is 16.2. The van der Waals surface area contributed by atoms with Gasteiger partial charge in [0.2, 0.25) is 11.8 Å². The Bertz CT molecular complexity index is 730. The molecule has 0 bridgehead atoms. The average Bonchev–Trinajstić information content (AvgIpc) is 2.72. The van der Waals surface area contributed by atoms with Crippen molar-refractivity contribution in [3.05, 3.63) is 29.3 Å². The summed E-state index contributed by atoms with van der Waals surface area (Å²) in [5.74, 6) is 0.227. The number of para-hydroxylation sites is 1. The number of hydrogen-bond donors (Lipinski definition) is 2. The average molecular weight is 430 g/mol. The normalized spacial score (nSPS) is 19.1. The topological polar surface area (TPSA) is 67.9 Å². The minimum Gasteiger partial charge on any atom is -0.339 e. The van der Waals surface area contributed by atoms with Gasteiger partial charge in [0.05, 0.1) is 13.1 Å². The molecule has 1 aromatic rings. The van der Waals surface area contributed by atoms with Crippen molar-refractivity contribution in [1.82, 2.24) is 20.0 Å². The van der Waals surface area contributed by atoms with Crippen molar-refractivity contribution < 1.29 is 9.59 Å². The zero-order chi connectivity index (χ0) is 22.4. The summed E-state index contributed by atoms with van der Waals surface area (Å²) < 4.78 is 0. The van der Waals surface area contributed by atoms with Gasteiger partial charge in [0.25, 0.3) is 0 Å². The van der Waals surface area contributed by atoms with Crippen LogP contribution in [0.25, 0.3) is 0 Å². The standard InChI is InChI=1S/C24H39N5O2/c1-18(2)25-21-8-10-27(11-9-21)17-23(31)29-14-12-28(13-15-29)16-22(30)26-24-19(3)6-5-7-20(24)4/h5-7,18,21,25H,8-17H2,1-4H3,(H,26,30). The Kier molecular flexibility index (Phi) is 8.46. The van der Waals surface area contributed by atoms with Crippen molar-refractivity contribution in [2.75, 3.05) is 57.7 Å². The third-order valence-corrected chi connectivity index (χ3v) is 6.35. The summed E-state index contributed by atoms with van der Waals surface area (Å²) in [5, 5.41) is 6.66. The number of piperazine rings is 1. The molecule has 7 nitrogen and oxygen atoms in total. The lowest BCUT2D eigenvalue weighted by atomic mass is 10.0. The predicted molar refractivity (Wildman–Crippen MR) is 125 cm³/mol. The first-order valence-electron chi connectivity index (χ1n) is 11.7. The Balaban J connectivity index is 1.37. The summed E-state index contributed by atoms with van der Waals surface area (Å²) >= 11 is 0. The Labute approximate surface area is 187 Å². The molecule has 1 aromatic carbocycles. The van der Waals surface area contributed by atoms with Crippen LogP contribution in [-0.4, -0.2) is 91.0 Å². The maximum atomic E-state index is 12.7. The summed E-state index contributed by atoms with van der Waals surface area (Å²) in [5.41, 5.74) is 3.06. The molecule has 0 aliphatic carbocycles. The van der Waals surface area contributed by atoms with Gasteiger partial charge in [-0.05, 0) is 37.8 Å². The molecule has 2 heterocycles. The van der Waals surface area contributed by atoms with Crippen molar-refractivity contribution in [3.8, 4) is 0 Å². The quantitative estimate of drug-likeness (QED) is 0.692. The smallest absolute Gasteiger partial charge is 0.238 e. The van der Waals surface area contributed by atoms with Gasteiger partial charge in [-0.1, -0.05) is 32.0 Å². The molecular formula is C24H39N5O2. The number of aryl methyl sites for hydroxylation is 2. The highest BCUT2D eigenvalue weighted by molar-refractivity contribution is 5.93. The Morgan fingerprint density at radius 2 is 1.52 bits per heavy atom. The number of nitrogens with zero attached hydrogens (tertiary/aromatic N) is 3. The van der Waals surface area contributed by atoms with Crippen LogP contribution in [-0.2, 0) is 9.59 Å². The van der Waals surface area contributed by atoms with Crippen LogP contribution in [0, 0.1) is 13.8 Å². The van der Waals surface area contributed by atoms with Crippen LogP contribution < -0.4 is 10.6 Å². The fourth-order valence-electron chi connectivity index (χ4n) is 4.57. The van der Waals surface area contributed by atoms with E-state index in [0.717, 1.165) is 55.8 Å². The fourth-order valence-corrected chi connectivity index (χ4v) is 4.57. The second kappa shape index (κ2) is 11.1. The van der Waals surface area contributed by atoms with Crippen molar-refractivity contribution >= 4 is 17.5 Å². The summed E-state index contributed by atoms with van der Waals surface area (Å²) in [7, 11) is 0. The second-order valence-corrected chi connectivity index (χ2v) is 9.34. The van der Waals surface area contributed by atoms with E-state index in [9.17, 15) is 9.59 Å². The number of nitrogens with one attached hydrogen (secondary N) is 2. The zero-order valence-corrected chi connectivity index (χ0v) is 19.6. The number of amides is 2. The number of benzene rings is 1. The van der Waals surface area contributed by atoms with Crippen LogP contribution in [0.15, 0.2) is 18.2 Å². The van der Waals surface area contributed by atoms with E-state index >= 15 is 0 Å². The lowest BCUT2D eigenvalue weighted by molar-refractivity contribution is -0.134. The molecule has 31 heavy (non-hydrogen) atoms. The molecular weight excluding hydrogens is 390 g/mol. The second-order valence-electron chi connectivity index (χ2n) is 9.34. The molecule has 2 N–H and O–H groups in total. The van der Waals surface area contributed by atoms with Gasteiger partial charge in [-0.2, -0.15) is 0 Å². The van der Waals surface area contributed by atoms with E-state index in [-0.39, 0.29) is 11.8 Å². The zero-order valence-electron chi connectivity index (χ0n) is 19.6. The van der Waals surface area contributed by atoms with Crippen molar-refractivity contribution in [3.63, 3.8) is 0 Å². The van der Waals surface area contributed by atoms with Gasteiger partial charge in [-0.25, -0.2) is 0 Å². The fraction of sp³-hybridized carbons (Fsp3) is 0.667. The van der Waals surface area contributed by atoms with E-state index in [1.54, 1.807) is 0 Å². The van der Waals surface area contributed by atoms with Gasteiger partial charge >= 0.3 is 0 Å². The number of carbonyl (C=O) groups excluding carboxylic acids is 2. The lowest BCUT2D eigenvalue weighted by Gasteiger charge is -2.37. The molecule has 2 aliphatic heterocycles. The number of hydrogen-bond acceptors (Lipinski definition) is 5. The monoisotopic (exact) mass is 429 g/mol. The van der Waals surface area contributed by atoms with Gasteiger partial charge in [0, 0.05) is 57.0 Å². The van der Waals surface area contributed by atoms with Crippen molar-refractivity contribution in [1.29, 1.82) is 0 Å². The number of likely N-dealkylation sites (tertiary alicyclic amines) is 1. The van der Waals surface area contributed by atoms with Gasteiger partial charge in [-0.3, -0.25) is 19.4 Å². The molecule has 3 rings (SSSR count). The van der Waals surface area contributed by atoms with E-state index in [2.05, 4.69) is 34.3 Å². The minimum atomic E-state index is 0.00931. The summed E-state index contributed by atoms with van der Waals surface area (Å²) in [6.45, 7) is 14.1. The van der Waals surface area contributed by atoms with Crippen LogP contribution >= 0.6 is 0 Å². The first kappa shape index (κ1) is 23.7. The van der Waals surface area contributed by atoms with Crippen LogP contribution in [0.3, 0.4) is 0 Å². The SMILES string of the molecule is Cc1cccc(C)c1NC(=O)CN1CCN(C(=O)CN2CCC(NC(C)C)CC2)CC1. The number of rotatable bonds is 7. The summed E-state index contributed by atoms with van der Waals surface area (Å²) in [4.78, 5) is 31.6. The van der Waals surface area contributed by atoms with Crippen LogP contribution in [0.2, 0.25) is 0 Å². The molecule has 0 unspecified atom stereocenters. The Hall–Kier alpha value is -1.96. The number of piperidine rings is 1. The molecule has 0 aromatic heterocycles. The molecule has 2 fully saturated rings. The first-order chi connectivity index (χ1) is 14.8. The highest BCUT2D eigenvalue weighted by Crippen LogP contribution is 2.19. The molecule has 2 saturated heterocycles. The van der Waals surface area contributed by atoms with E-state index in [0.29, 0.717) is 38.3 Å². The maximum Gasteiger partial charge on any atom is 0.238 e. The largest absolute Gasteiger partial charge is 0.339 e. The van der Waals surface area contributed by atoms with Gasteiger partial charge in [0.1, 0.15) is 0 Å². The Morgan fingerprint density at radius 1 is 0.935 bits per heavy atom. The van der Waals surface area contributed by atoms with Gasteiger partial charge < -0.3 is 15.5 Å². The van der Waals surface area contributed by atoms with Crippen LogP contribution in [0.1, 0.15) is 37.8 Å². The molecule has 172 valence electrons. The Morgan fingerprint density at radius 3 is 2.10 bits per heavy atom. The third kappa shape index (κ3) is 7.02. The number of carbonyl (C=O) groups is 2. The van der Waals surface area contributed by atoms with E-state index < -0.39 is 0 Å².